The zero-order chi connectivity index (χ0) is 17.1. The zero-order valence-electron chi connectivity index (χ0n) is 14.5. The van der Waals surface area contributed by atoms with Crippen molar-refractivity contribution in [1.29, 1.82) is 0 Å². The fourth-order valence-corrected chi connectivity index (χ4v) is 4.38. The molecule has 0 bridgehead atoms. The number of amides is 1. The van der Waals surface area contributed by atoms with Gasteiger partial charge in [-0.15, -0.1) is 0 Å². The van der Waals surface area contributed by atoms with Crippen LogP contribution < -0.4 is 5.32 Å². The van der Waals surface area contributed by atoms with Crippen LogP contribution in [0, 0.1) is 5.92 Å². The molecule has 1 amide bonds. The molecular weight excluding hydrogens is 366 g/mol. The Balaban J connectivity index is 1.63. The fraction of sp³-hybridized carbons (Fsp3) is 0.526. The minimum absolute atomic E-state index is 0.00827. The second kappa shape index (κ2) is 7.70. The molecule has 4 nitrogen and oxygen atoms in total. The maximum absolute atomic E-state index is 12.7. The number of halogens is 1. The molecule has 1 fully saturated rings. The van der Waals surface area contributed by atoms with Crippen LogP contribution in [0.1, 0.15) is 36.7 Å². The van der Waals surface area contributed by atoms with Gasteiger partial charge in [0.2, 0.25) is 0 Å². The molecule has 5 heteroatoms. The molecule has 0 spiro atoms. The number of para-hydroxylation sites is 1. The van der Waals surface area contributed by atoms with Gasteiger partial charge in [0.25, 0.3) is 5.91 Å². The molecule has 2 aromatic rings. The number of carbonyl (C=O) groups excluding carboxylic acids is 1. The quantitative estimate of drug-likeness (QED) is 0.841. The van der Waals surface area contributed by atoms with Crippen LogP contribution in [-0.2, 0) is 7.05 Å². The van der Waals surface area contributed by atoms with Crippen molar-refractivity contribution in [2.75, 3.05) is 26.2 Å². The van der Waals surface area contributed by atoms with Crippen molar-refractivity contribution in [1.82, 2.24) is 14.8 Å². The molecule has 3 rings (SSSR count). The molecule has 2 heterocycles. The molecule has 24 heavy (non-hydrogen) atoms. The van der Waals surface area contributed by atoms with Gasteiger partial charge < -0.3 is 14.8 Å². The van der Waals surface area contributed by atoms with E-state index < -0.39 is 0 Å². The zero-order valence-corrected chi connectivity index (χ0v) is 16.1. The van der Waals surface area contributed by atoms with E-state index in [2.05, 4.69) is 33.1 Å². The first-order valence-corrected chi connectivity index (χ1v) is 9.60. The summed E-state index contributed by atoms with van der Waals surface area (Å²) in [5.41, 5.74) is 1.76. The maximum atomic E-state index is 12.7. The number of nitrogens with zero attached hydrogens (tertiary/aromatic N) is 2. The number of likely N-dealkylation sites (tertiary alicyclic amines) is 1. The first-order valence-electron chi connectivity index (χ1n) is 8.81. The Morgan fingerprint density at radius 2 is 1.96 bits per heavy atom. The Bertz CT molecular complexity index is 680. The van der Waals surface area contributed by atoms with Gasteiger partial charge in [-0.05, 0) is 53.8 Å². The van der Waals surface area contributed by atoms with E-state index in [9.17, 15) is 4.79 Å². The van der Waals surface area contributed by atoms with Crippen LogP contribution in [-0.4, -0.2) is 41.6 Å². The Morgan fingerprint density at radius 1 is 1.25 bits per heavy atom. The number of aromatic nitrogens is 1. The highest BCUT2D eigenvalue weighted by Crippen LogP contribution is 2.30. The molecule has 0 radical (unpaired) electrons. The molecule has 1 aliphatic heterocycles. The Morgan fingerprint density at radius 3 is 2.67 bits per heavy atom. The van der Waals surface area contributed by atoms with Crippen molar-refractivity contribution in [3.63, 3.8) is 0 Å². The van der Waals surface area contributed by atoms with Gasteiger partial charge in [0.05, 0.1) is 4.47 Å². The molecule has 1 aromatic carbocycles. The predicted octanol–water partition coefficient (Wildman–Crippen LogP) is 3.79. The number of hydrogen-bond acceptors (Lipinski definition) is 2. The van der Waals surface area contributed by atoms with Crippen molar-refractivity contribution < 1.29 is 4.79 Å². The summed E-state index contributed by atoms with van der Waals surface area (Å²) in [5.74, 6) is 0.451. The lowest BCUT2D eigenvalue weighted by molar-refractivity contribution is 0.0934. The summed E-state index contributed by atoms with van der Waals surface area (Å²) >= 11 is 3.60. The number of benzene rings is 1. The van der Waals surface area contributed by atoms with Crippen molar-refractivity contribution >= 4 is 32.7 Å². The summed E-state index contributed by atoms with van der Waals surface area (Å²) < 4.78 is 2.84. The van der Waals surface area contributed by atoms with Crippen molar-refractivity contribution in [3.8, 4) is 0 Å². The first-order chi connectivity index (χ1) is 11.6. The highest BCUT2D eigenvalue weighted by atomic mass is 79.9. The molecule has 1 unspecified atom stereocenters. The van der Waals surface area contributed by atoms with Gasteiger partial charge in [0.1, 0.15) is 5.69 Å². The molecule has 0 aliphatic carbocycles. The third-order valence-electron chi connectivity index (χ3n) is 4.89. The molecule has 1 saturated heterocycles. The van der Waals surface area contributed by atoms with E-state index in [1.165, 1.54) is 32.4 Å². The largest absolute Gasteiger partial charge is 0.350 e. The molecule has 1 aromatic heterocycles. The van der Waals surface area contributed by atoms with E-state index in [4.69, 9.17) is 0 Å². The van der Waals surface area contributed by atoms with Crippen molar-refractivity contribution in [3.05, 3.63) is 34.4 Å². The second-order valence-electron chi connectivity index (χ2n) is 6.92. The van der Waals surface area contributed by atoms with Gasteiger partial charge in [0.15, 0.2) is 0 Å². The average molecular weight is 392 g/mol. The lowest BCUT2D eigenvalue weighted by Gasteiger charge is -2.29. The smallest absolute Gasteiger partial charge is 0.269 e. The van der Waals surface area contributed by atoms with Crippen LogP contribution >= 0.6 is 15.9 Å². The van der Waals surface area contributed by atoms with Crippen LogP contribution in [0.25, 0.3) is 10.9 Å². The average Bonchev–Trinajstić information content (AvgIpc) is 2.85. The van der Waals surface area contributed by atoms with Gasteiger partial charge in [0, 0.05) is 31.0 Å². The molecular formula is C19H26BrN3O. The van der Waals surface area contributed by atoms with E-state index in [-0.39, 0.29) is 5.91 Å². The fourth-order valence-electron chi connectivity index (χ4n) is 3.60. The van der Waals surface area contributed by atoms with E-state index in [0.29, 0.717) is 18.2 Å². The Kier molecular flexibility index (Phi) is 5.61. The highest BCUT2D eigenvalue weighted by Gasteiger charge is 2.20. The van der Waals surface area contributed by atoms with E-state index >= 15 is 0 Å². The lowest BCUT2D eigenvalue weighted by atomic mass is 10.1. The number of fused-ring (bicyclic) bond motifs is 1. The van der Waals surface area contributed by atoms with Crippen LogP contribution in [0.5, 0.6) is 0 Å². The monoisotopic (exact) mass is 391 g/mol. The minimum Gasteiger partial charge on any atom is -0.350 e. The molecule has 1 N–H and O–H groups in total. The van der Waals surface area contributed by atoms with E-state index in [1.807, 2.05) is 35.9 Å². The Labute approximate surface area is 152 Å². The van der Waals surface area contributed by atoms with Gasteiger partial charge in [-0.1, -0.05) is 31.5 Å². The third-order valence-corrected chi connectivity index (χ3v) is 5.69. The summed E-state index contributed by atoms with van der Waals surface area (Å²) in [6.07, 6.45) is 3.97. The number of aryl methyl sites for hydroxylation is 1. The van der Waals surface area contributed by atoms with E-state index in [1.54, 1.807) is 0 Å². The summed E-state index contributed by atoms with van der Waals surface area (Å²) in [5, 5.41) is 4.19. The topological polar surface area (TPSA) is 37.3 Å². The number of hydrogen-bond donors (Lipinski definition) is 1. The standard InChI is InChI=1S/C19H26BrN3O/c1-14(13-23-10-6-3-7-11-23)12-21-19(24)18-17(20)15-8-4-5-9-16(15)22(18)2/h4-5,8-9,14H,3,6-7,10-13H2,1-2H3,(H,21,24). The first kappa shape index (κ1) is 17.5. The lowest BCUT2D eigenvalue weighted by Crippen LogP contribution is -2.38. The number of rotatable bonds is 5. The van der Waals surface area contributed by atoms with Gasteiger partial charge in [-0.2, -0.15) is 0 Å². The van der Waals surface area contributed by atoms with Crippen LogP contribution in [0.2, 0.25) is 0 Å². The molecule has 1 aliphatic rings. The summed E-state index contributed by atoms with van der Waals surface area (Å²) in [6.45, 7) is 6.39. The molecule has 1 atom stereocenters. The van der Waals surface area contributed by atoms with Crippen molar-refractivity contribution in [2.24, 2.45) is 13.0 Å². The normalized spacial score (nSPS) is 17.1. The third kappa shape index (κ3) is 3.67. The molecule has 0 saturated carbocycles. The SMILES string of the molecule is CC(CNC(=O)c1c(Br)c2ccccc2n1C)CN1CCCCC1. The second-order valence-corrected chi connectivity index (χ2v) is 7.71. The van der Waals surface area contributed by atoms with Gasteiger partial charge in [-0.25, -0.2) is 0 Å². The van der Waals surface area contributed by atoms with Gasteiger partial charge >= 0.3 is 0 Å². The van der Waals surface area contributed by atoms with E-state index in [0.717, 1.165) is 21.9 Å². The summed E-state index contributed by atoms with van der Waals surface area (Å²) in [4.78, 5) is 15.2. The maximum Gasteiger partial charge on any atom is 0.269 e. The molecule has 130 valence electrons. The Hall–Kier alpha value is -1.33. The number of piperidine rings is 1. The predicted molar refractivity (Wildman–Crippen MR) is 102 cm³/mol. The van der Waals surface area contributed by atoms with Crippen LogP contribution in [0.3, 0.4) is 0 Å². The van der Waals surface area contributed by atoms with Crippen molar-refractivity contribution in [2.45, 2.75) is 26.2 Å². The number of nitrogens with one attached hydrogen (secondary N) is 1. The van der Waals surface area contributed by atoms with Gasteiger partial charge in [-0.3, -0.25) is 4.79 Å². The summed E-state index contributed by atoms with van der Waals surface area (Å²) in [7, 11) is 1.94. The number of carbonyl (C=O) groups is 1. The summed E-state index contributed by atoms with van der Waals surface area (Å²) in [6, 6.07) is 8.07. The van der Waals surface area contributed by atoms with Crippen LogP contribution in [0.4, 0.5) is 0 Å². The highest BCUT2D eigenvalue weighted by molar-refractivity contribution is 9.10. The van der Waals surface area contributed by atoms with Crippen LogP contribution in [0.15, 0.2) is 28.7 Å². The minimum atomic E-state index is -0.00827.